The number of nitrogens with two attached hydrogens (primary N) is 1. The molecule has 156 valence electrons. The van der Waals surface area contributed by atoms with Gasteiger partial charge in [-0.2, -0.15) is 4.98 Å². The number of nitrogens with zero attached hydrogens (tertiary/aromatic N) is 3. The molecule has 0 fully saturated rings. The molecule has 2 rings (SSSR count). The van der Waals surface area contributed by atoms with Crippen LogP contribution in [0.1, 0.15) is 29.3 Å². The number of amides is 2. The van der Waals surface area contributed by atoms with E-state index in [-0.39, 0.29) is 24.9 Å². The molecule has 10 heteroatoms. The number of hydrogen-bond acceptors (Lipinski definition) is 8. The fourth-order valence-electron chi connectivity index (χ4n) is 2.42. The molecule has 29 heavy (non-hydrogen) atoms. The van der Waals surface area contributed by atoms with E-state index in [1.807, 2.05) is 19.1 Å². The zero-order chi connectivity index (χ0) is 20.9. The van der Waals surface area contributed by atoms with Crippen molar-refractivity contribution in [3.8, 4) is 0 Å². The minimum atomic E-state index is -0.311. The molecule has 6 N–H and O–H groups in total. The zero-order valence-corrected chi connectivity index (χ0v) is 16.6. The minimum absolute atomic E-state index is 0.0809. The number of aromatic nitrogens is 3. The monoisotopic (exact) mass is 400 g/mol. The SMILES string of the molecule is CCCNc1nc(NCCc2ccncc2)ncc1C(=O)NCCNC(=O)CN. The van der Waals surface area contributed by atoms with Crippen LogP contribution in [0.25, 0.3) is 0 Å². The quantitative estimate of drug-likeness (QED) is 0.316. The summed E-state index contributed by atoms with van der Waals surface area (Å²) in [6.45, 7) is 3.87. The summed E-state index contributed by atoms with van der Waals surface area (Å²) >= 11 is 0. The number of pyridine rings is 1. The second-order valence-electron chi connectivity index (χ2n) is 6.22. The maximum atomic E-state index is 12.5. The van der Waals surface area contributed by atoms with Gasteiger partial charge in [0, 0.05) is 44.8 Å². The van der Waals surface area contributed by atoms with Gasteiger partial charge in [-0.3, -0.25) is 14.6 Å². The van der Waals surface area contributed by atoms with Gasteiger partial charge in [0.15, 0.2) is 0 Å². The summed E-state index contributed by atoms with van der Waals surface area (Å²) in [7, 11) is 0. The lowest BCUT2D eigenvalue weighted by atomic mass is 10.2. The molecule has 0 atom stereocenters. The fraction of sp³-hybridized carbons (Fsp3) is 0.421. The van der Waals surface area contributed by atoms with E-state index in [9.17, 15) is 9.59 Å². The van der Waals surface area contributed by atoms with Crippen LogP contribution in [0.15, 0.2) is 30.7 Å². The largest absolute Gasteiger partial charge is 0.369 e. The van der Waals surface area contributed by atoms with Crippen molar-refractivity contribution in [3.63, 3.8) is 0 Å². The van der Waals surface area contributed by atoms with Gasteiger partial charge in [0.05, 0.1) is 6.54 Å². The predicted molar refractivity (Wildman–Crippen MR) is 112 cm³/mol. The second kappa shape index (κ2) is 12.2. The van der Waals surface area contributed by atoms with Crippen molar-refractivity contribution >= 4 is 23.6 Å². The lowest BCUT2D eigenvalue weighted by molar-refractivity contribution is -0.119. The lowest BCUT2D eigenvalue weighted by Crippen LogP contribution is -2.37. The van der Waals surface area contributed by atoms with Crippen molar-refractivity contribution in [2.24, 2.45) is 5.73 Å². The summed E-state index contributed by atoms with van der Waals surface area (Å²) in [5.41, 5.74) is 6.73. The Bertz CT molecular complexity index is 785. The van der Waals surface area contributed by atoms with Gasteiger partial charge >= 0.3 is 0 Å². The van der Waals surface area contributed by atoms with E-state index in [0.717, 1.165) is 18.4 Å². The summed E-state index contributed by atoms with van der Waals surface area (Å²) in [5, 5.41) is 11.7. The first-order chi connectivity index (χ1) is 14.1. The highest BCUT2D eigenvalue weighted by Gasteiger charge is 2.14. The number of carbonyl (C=O) groups is 2. The number of nitrogens with one attached hydrogen (secondary N) is 4. The van der Waals surface area contributed by atoms with Crippen LogP contribution < -0.4 is 27.0 Å². The molecule has 10 nitrogen and oxygen atoms in total. The first-order valence-electron chi connectivity index (χ1n) is 9.62. The third-order valence-electron chi connectivity index (χ3n) is 3.94. The Hall–Kier alpha value is -3.27. The molecule has 0 unspecified atom stereocenters. The van der Waals surface area contributed by atoms with Crippen LogP contribution in [0.4, 0.5) is 11.8 Å². The summed E-state index contributed by atoms with van der Waals surface area (Å²) in [4.78, 5) is 36.3. The molecule has 0 saturated carbocycles. The van der Waals surface area contributed by atoms with Gasteiger partial charge in [-0.15, -0.1) is 0 Å². The minimum Gasteiger partial charge on any atom is -0.369 e. The molecular formula is C19H28N8O2. The molecule has 0 bridgehead atoms. The van der Waals surface area contributed by atoms with E-state index in [1.165, 1.54) is 6.20 Å². The molecule has 0 aromatic carbocycles. The van der Waals surface area contributed by atoms with Crippen LogP contribution >= 0.6 is 0 Å². The molecular weight excluding hydrogens is 372 g/mol. The number of carbonyl (C=O) groups excluding carboxylic acids is 2. The molecule has 0 aliphatic rings. The van der Waals surface area contributed by atoms with Crippen LogP contribution in [0.3, 0.4) is 0 Å². The van der Waals surface area contributed by atoms with E-state index in [0.29, 0.717) is 37.0 Å². The van der Waals surface area contributed by atoms with Crippen LogP contribution in [-0.2, 0) is 11.2 Å². The van der Waals surface area contributed by atoms with Crippen molar-refractivity contribution < 1.29 is 9.59 Å². The molecule has 0 aliphatic heterocycles. The Kier molecular flexibility index (Phi) is 9.30. The summed E-state index contributed by atoms with van der Waals surface area (Å²) in [5.74, 6) is 0.338. The Morgan fingerprint density at radius 3 is 2.52 bits per heavy atom. The average molecular weight is 400 g/mol. The van der Waals surface area contributed by atoms with Crippen molar-refractivity contribution in [2.75, 3.05) is 43.4 Å². The van der Waals surface area contributed by atoms with E-state index in [2.05, 4.69) is 36.2 Å². The smallest absolute Gasteiger partial charge is 0.256 e. The van der Waals surface area contributed by atoms with Gasteiger partial charge in [-0.25, -0.2) is 4.98 Å². The highest BCUT2D eigenvalue weighted by atomic mass is 16.2. The van der Waals surface area contributed by atoms with Crippen molar-refractivity contribution in [1.29, 1.82) is 0 Å². The summed E-state index contributed by atoms with van der Waals surface area (Å²) in [6.07, 6.45) is 6.70. The van der Waals surface area contributed by atoms with Crippen molar-refractivity contribution in [1.82, 2.24) is 25.6 Å². The van der Waals surface area contributed by atoms with E-state index in [4.69, 9.17) is 5.73 Å². The molecule has 2 aromatic heterocycles. The van der Waals surface area contributed by atoms with Crippen LogP contribution in [-0.4, -0.2) is 59.5 Å². The number of hydrogen-bond donors (Lipinski definition) is 5. The first-order valence-corrected chi connectivity index (χ1v) is 9.62. The average Bonchev–Trinajstić information content (AvgIpc) is 2.75. The number of anilines is 2. The maximum Gasteiger partial charge on any atom is 0.256 e. The Morgan fingerprint density at radius 2 is 1.79 bits per heavy atom. The number of rotatable bonds is 12. The topological polar surface area (TPSA) is 147 Å². The highest BCUT2D eigenvalue weighted by molar-refractivity contribution is 5.98. The summed E-state index contributed by atoms with van der Waals surface area (Å²) in [6, 6.07) is 3.92. The standard InChI is InChI=1S/C19H28N8O2/c1-2-6-23-17-15(18(29)24-11-10-22-16(28)12-20)13-26-19(27-17)25-9-5-14-3-7-21-8-4-14/h3-4,7-8,13H,2,5-6,9-12,20H2,1H3,(H,22,28)(H,24,29)(H2,23,25,26,27). The van der Waals surface area contributed by atoms with Crippen LogP contribution in [0.2, 0.25) is 0 Å². The fourth-order valence-corrected chi connectivity index (χ4v) is 2.42. The molecule has 2 heterocycles. The van der Waals surface area contributed by atoms with Gasteiger partial charge in [0.25, 0.3) is 5.91 Å². The van der Waals surface area contributed by atoms with E-state index < -0.39 is 0 Å². The molecule has 0 spiro atoms. The first kappa shape index (κ1) is 22.0. The Balaban J connectivity index is 1.94. The molecule has 2 aromatic rings. The lowest BCUT2D eigenvalue weighted by Gasteiger charge is -2.13. The highest BCUT2D eigenvalue weighted by Crippen LogP contribution is 2.14. The van der Waals surface area contributed by atoms with Gasteiger partial charge in [0.2, 0.25) is 11.9 Å². The van der Waals surface area contributed by atoms with Crippen molar-refractivity contribution in [2.45, 2.75) is 19.8 Å². The molecule has 0 radical (unpaired) electrons. The van der Waals surface area contributed by atoms with E-state index >= 15 is 0 Å². The molecule has 2 amide bonds. The van der Waals surface area contributed by atoms with Gasteiger partial charge in [-0.1, -0.05) is 6.92 Å². The normalized spacial score (nSPS) is 10.3. The molecule has 0 saturated heterocycles. The predicted octanol–water partition coefficient (Wildman–Crippen LogP) is 0.153. The maximum absolute atomic E-state index is 12.5. The van der Waals surface area contributed by atoms with Gasteiger partial charge < -0.3 is 27.0 Å². The van der Waals surface area contributed by atoms with E-state index in [1.54, 1.807) is 12.4 Å². The van der Waals surface area contributed by atoms with Gasteiger partial charge in [-0.05, 0) is 30.5 Å². The molecule has 0 aliphatic carbocycles. The second-order valence-corrected chi connectivity index (χ2v) is 6.22. The van der Waals surface area contributed by atoms with Crippen LogP contribution in [0.5, 0.6) is 0 Å². The third-order valence-corrected chi connectivity index (χ3v) is 3.94. The zero-order valence-electron chi connectivity index (χ0n) is 16.6. The summed E-state index contributed by atoms with van der Waals surface area (Å²) < 4.78 is 0. The van der Waals surface area contributed by atoms with Gasteiger partial charge in [0.1, 0.15) is 11.4 Å². The Labute approximate surface area is 170 Å². The third kappa shape index (κ3) is 7.70. The van der Waals surface area contributed by atoms with Crippen LogP contribution in [0, 0.1) is 0 Å². The Morgan fingerprint density at radius 1 is 1.03 bits per heavy atom. The van der Waals surface area contributed by atoms with Crippen molar-refractivity contribution in [3.05, 3.63) is 41.9 Å².